The molecule has 4 rings (SSSR count). The van der Waals surface area contributed by atoms with Gasteiger partial charge in [0.2, 0.25) is 0 Å². The highest BCUT2D eigenvalue weighted by Crippen LogP contribution is 2.30. The molecule has 3 heterocycles. The van der Waals surface area contributed by atoms with Gasteiger partial charge in [-0.15, -0.1) is 10.2 Å². The van der Waals surface area contributed by atoms with Crippen LogP contribution in [-0.4, -0.2) is 50.5 Å². The molecule has 13 heteroatoms. The Kier molecular flexibility index (Phi) is 8.14. The van der Waals surface area contributed by atoms with Crippen LogP contribution >= 0.6 is 11.6 Å². The highest BCUT2D eigenvalue weighted by molar-refractivity contribution is 7.91. The molecule has 0 radical (unpaired) electrons. The van der Waals surface area contributed by atoms with E-state index < -0.39 is 44.6 Å². The van der Waals surface area contributed by atoms with E-state index in [2.05, 4.69) is 25.1 Å². The minimum Gasteiger partial charge on any atom is -0.372 e. The van der Waals surface area contributed by atoms with Gasteiger partial charge in [0.15, 0.2) is 21.5 Å². The number of rotatable bonds is 9. The molecule has 0 bridgehead atoms. The maximum atomic E-state index is 14.1. The fourth-order valence-electron chi connectivity index (χ4n) is 4.11. The molecule has 3 aromatic heterocycles. The summed E-state index contributed by atoms with van der Waals surface area (Å²) >= 11 is 5.86. The minimum absolute atomic E-state index is 0.0687. The Hall–Kier alpha value is -3.35. The van der Waals surface area contributed by atoms with Gasteiger partial charge in [0.05, 0.1) is 16.3 Å². The first-order valence-electron chi connectivity index (χ1n) is 11.6. The summed E-state index contributed by atoms with van der Waals surface area (Å²) in [6.45, 7) is 4.96. The number of aromatic nitrogens is 6. The van der Waals surface area contributed by atoms with Gasteiger partial charge in [-0.25, -0.2) is 32.2 Å². The number of hydrogen-bond donors (Lipinski definition) is 0. The monoisotopic (exact) mass is 562 g/mol. The predicted molar refractivity (Wildman–Crippen MR) is 137 cm³/mol. The highest BCUT2D eigenvalue weighted by atomic mass is 35.5. The molecule has 0 saturated heterocycles. The molecule has 0 aliphatic rings. The molecule has 3 atom stereocenters. The number of pyridine rings is 1. The van der Waals surface area contributed by atoms with Crippen molar-refractivity contribution in [3.8, 4) is 11.5 Å². The Morgan fingerprint density at radius 1 is 1.05 bits per heavy atom. The average molecular weight is 563 g/mol. The molecule has 200 valence electrons. The van der Waals surface area contributed by atoms with Gasteiger partial charge in [-0.2, -0.15) is 0 Å². The van der Waals surface area contributed by atoms with E-state index in [-0.39, 0.29) is 23.0 Å². The number of hydrogen-bond acceptors (Lipinski definition) is 8. The van der Waals surface area contributed by atoms with Crippen molar-refractivity contribution in [1.82, 2.24) is 29.7 Å². The first-order chi connectivity index (χ1) is 18.0. The van der Waals surface area contributed by atoms with Crippen molar-refractivity contribution in [2.24, 2.45) is 0 Å². The molecule has 38 heavy (non-hydrogen) atoms. The Labute approximate surface area is 223 Å². The highest BCUT2D eigenvalue weighted by Gasteiger charge is 2.35. The number of aryl methyl sites for hydroxylation is 1. The van der Waals surface area contributed by atoms with Crippen molar-refractivity contribution < 1.29 is 21.9 Å². The Balaban J connectivity index is 1.77. The third kappa shape index (κ3) is 5.87. The molecular weight excluding hydrogens is 538 g/mol. The lowest BCUT2D eigenvalue weighted by atomic mass is 10.1. The lowest BCUT2D eigenvalue weighted by molar-refractivity contribution is 0.0948. The number of halogens is 3. The molecule has 0 N–H and O–H groups in total. The molecule has 1 aromatic carbocycles. The Bertz CT molecular complexity index is 1530. The molecule has 9 nitrogen and oxygen atoms in total. The molecule has 0 unspecified atom stereocenters. The van der Waals surface area contributed by atoms with Crippen LogP contribution < -0.4 is 0 Å². The lowest BCUT2D eigenvalue weighted by Gasteiger charge is -2.23. The standard InChI is InChI=1S/C25H25ClF2N6O3S/c1-14-6-5-7-21(31-14)25-33-32-22(34(25)15(2)17-8-19(27)10-20(28)9-17)13-38(35,36)16(3)23(37-4)24-29-11-18(26)12-30-24/h5-12,15-16,23H,13H2,1-4H3/t15-,16+,23+/m1/s1. The van der Waals surface area contributed by atoms with E-state index in [0.29, 0.717) is 16.4 Å². The Morgan fingerprint density at radius 3 is 2.32 bits per heavy atom. The molecule has 4 aromatic rings. The number of sulfone groups is 1. The topological polar surface area (TPSA) is 113 Å². The van der Waals surface area contributed by atoms with Crippen molar-refractivity contribution in [3.05, 3.63) is 88.4 Å². The van der Waals surface area contributed by atoms with Crippen LogP contribution in [0.15, 0.2) is 48.8 Å². The Morgan fingerprint density at radius 2 is 1.71 bits per heavy atom. The fraction of sp³-hybridized carbons (Fsp3) is 0.320. The quantitative estimate of drug-likeness (QED) is 0.289. The van der Waals surface area contributed by atoms with Crippen molar-refractivity contribution in [1.29, 1.82) is 0 Å². The van der Waals surface area contributed by atoms with Gasteiger partial charge in [0, 0.05) is 31.3 Å². The average Bonchev–Trinajstić information content (AvgIpc) is 3.27. The van der Waals surface area contributed by atoms with Crippen LogP contribution in [0.4, 0.5) is 8.78 Å². The number of ether oxygens (including phenoxy) is 1. The van der Waals surface area contributed by atoms with Gasteiger partial charge >= 0.3 is 0 Å². The summed E-state index contributed by atoms with van der Waals surface area (Å²) in [5.74, 6) is -1.58. The first-order valence-corrected chi connectivity index (χ1v) is 13.6. The van der Waals surface area contributed by atoms with E-state index in [1.54, 1.807) is 32.0 Å². The third-order valence-corrected chi connectivity index (χ3v) is 8.35. The van der Waals surface area contributed by atoms with Crippen molar-refractivity contribution in [2.75, 3.05) is 7.11 Å². The summed E-state index contributed by atoms with van der Waals surface area (Å²) in [7, 11) is -2.58. The maximum absolute atomic E-state index is 14.1. The van der Waals surface area contributed by atoms with Crippen LogP contribution in [0.1, 0.15) is 48.9 Å². The van der Waals surface area contributed by atoms with Gasteiger partial charge in [-0.3, -0.25) is 0 Å². The summed E-state index contributed by atoms with van der Waals surface area (Å²) in [4.78, 5) is 12.7. The molecule has 0 aliphatic carbocycles. The zero-order valence-corrected chi connectivity index (χ0v) is 22.6. The molecule has 0 amide bonds. The van der Waals surface area contributed by atoms with Gasteiger partial charge in [0.25, 0.3) is 0 Å². The number of methoxy groups -OCH3 is 1. The van der Waals surface area contributed by atoms with E-state index in [1.807, 2.05) is 0 Å². The summed E-state index contributed by atoms with van der Waals surface area (Å²) in [6.07, 6.45) is 1.72. The van der Waals surface area contributed by atoms with Crippen LogP contribution in [0.5, 0.6) is 0 Å². The predicted octanol–water partition coefficient (Wildman–Crippen LogP) is 4.67. The van der Waals surface area contributed by atoms with Crippen molar-refractivity contribution in [2.45, 2.75) is 43.9 Å². The normalized spacial score (nSPS) is 14.3. The van der Waals surface area contributed by atoms with Gasteiger partial charge in [-0.1, -0.05) is 17.7 Å². The fourth-order valence-corrected chi connectivity index (χ4v) is 5.64. The summed E-state index contributed by atoms with van der Waals surface area (Å²) in [6, 6.07) is 7.67. The van der Waals surface area contributed by atoms with E-state index in [0.717, 1.165) is 6.07 Å². The second-order valence-corrected chi connectivity index (χ2v) is 11.6. The minimum atomic E-state index is -3.94. The lowest BCUT2D eigenvalue weighted by Crippen LogP contribution is -2.30. The van der Waals surface area contributed by atoms with E-state index in [9.17, 15) is 17.2 Å². The molecule has 0 saturated carbocycles. The number of nitrogens with zero attached hydrogens (tertiary/aromatic N) is 6. The number of benzene rings is 1. The molecule has 0 spiro atoms. The second-order valence-electron chi connectivity index (χ2n) is 8.78. The van der Waals surface area contributed by atoms with E-state index in [4.69, 9.17) is 16.3 Å². The molecule has 0 aliphatic heterocycles. The summed E-state index contributed by atoms with van der Waals surface area (Å²) < 4.78 is 62.3. The second kappa shape index (κ2) is 11.2. The zero-order chi connectivity index (χ0) is 27.6. The SMILES string of the molecule is CO[C@H](c1ncc(Cl)cn1)[C@H](C)S(=O)(=O)Cc1nnc(-c2cccc(C)n2)n1[C@H](C)c1cc(F)cc(F)c1. The van der Waals surface area contributed by atoms with E-state index in [1.165, 1.54) is 43.1 Å². The van der Waals surface area contributed by atoms with E-state index >= 15 is 0 Å². The van der Waals surface area contributed by atoms with Crippen LogP contribution in [0.3, 0.4) is 0 Å². The van der Waals surface area contributed by atoms with Crippen LogP contribution in [0, 0.1) is 18.6 Å². The molecule has 0 fully saturated rings. The van der Waals surface area contributed by atoms with Crippen LogP contribution in [0.25, 0.3) is 11.5 Å². The van der Waals surface area contributed by atoms with Crippen molar-refractivity contribution >= 4 is 21.4 Å². The zero-order valence-electron chi connectivity index (χ0n) is 21.0. The third-order valence-electron chi connectivity index (χ3n) is 6.11. The summed E-state index contributed by atoms with van der Waals surface area (Å²) in [5, 5.41) is 7.61. The van der Waals surface area contributed by atoms with Crippen molar-refractivity contribution in [3.63, 3.8) is 0 Å². The van der Waals surface area contributed by atoms with Gasteiger partial charge in [-0.05, 0) is 50.6 Å². The van der Waals surface area contributed by atoms with Gasteiger partial charge < -0.3 is 9.30 Å². The van der Waals surface area contributed by atoms with Gasteiger partial charge in [0.1, 0.15) is 35.0 Å². The van der Waals surface area contributed by atoms with Crippen LogP contribution in [-0.2, 0) is 20.3 Å². The maximum Gasteiger partial charge on any atom is 0.183 e. The smallest absolute Gasteiger partial charge is 0.183 e. The van der Waals surface area contributed by atoms with Crippen LogP contribution in [0.2, 0.25) is 5.02 Å². The largest absolute Gasteiger partial charge is 0.372 e. The molecular formula is C25H25ClF2N6O3S. The first kappa shape index (κ1) is 27.7. The summed E-state index contributed by atoms with van der Waals surface area (Å²) in [5.41, 5.74) is 1.41.